The number of rotatable bonds is 2. The van der Waals surface area contributed by atoms with Gasteiger partial charge >= 0.3 is 0 Å². The molecule has 0 atom stereocenters. The van der Waals surface area contributed by atoms with Gasteiger partial charge in [-0.1, -0.05) is 42.5 Å². The summed E-state index contributed by atoms with van der Waals surface area (Å²) in [4.78, 5) is 2.23. The van der Waals surface area contributed by atoms with Crippen molar-refractivity contribution >= 4 is 0 Å². The molecule has 0 spiro atoms. The molecular weight excluding hydrogens is 206 g/mol. The number of hydrogen-bond donors (Lipinski definition) is 0. The van der Waals surface area contributed by atoms with Gasteiger partial charge in [-0.3, -0.25) is 0 Å². The van der Waals surface area contributed by atoms with Gasteiger partial charge in [-0.05, 0) is 48.3 Å². The molecule has 1 heteroatoms. The van der Waals surface area contributed by atoms with E-state index in [4.69, 9.17) is 0 Å². The van der Waals surface area contributed by atoms with E-state index in [0.29, 0.717) is 0 Å². The average molecular weight is 223 g/mol. The van der Waals surface area contributed by atoms with E-state index >= 15 is 0 Å². The first kappa shape index (κ1) is 10.5. The molecule has 0 bridgehead atoms. The molecule has 0 saturated heterocycles. The Hall–Kier alpha value is -1.60. The highest BCUT2D eigenvalue weighted by atomic mass is 15.0. The van der Waals surface area contributed by atoms with Crippen molar-refractivity contribution in [1.82, 2.24) is 4.90 Å². The fourth-order valence-corrected chi connectivity index (χ4v) is 2.71. The van der Waals surface area contributed by atoms with E-state index in [9.17, 15) is 0 Å². The Morgan fingerprint density at radius 1 is 0.941 bits per heavy atom. The van der Waals surface area contributed by atoms with Crippen LogP contribution in [0.4, 0.5) is 0 Å². The van der Waals surface area contributed by atoms with Gasteiger partial charge in [0.05, 0.1) is 0 Å². The molecular formula is C16H17N. The molecule has 0 fully saturated rings. The second kappa shape index (κ2) is 4.01. The highest BCUT2D eigenvalue weighted by Crippen LogP contribution is 2.38. The minimum absolute atomic E-state index is 1.02. The standard InChI is InChI=1S/C16H17N/c1-17(2)11-13-7-5-9-15-14-8-4-3-6-12(14)10-16(13)15/h3-9H,10-11H2,1-2H3. The van der Waals surface area contributed by atoms with E-state index in [2.05, 4.69) is 61.5 Å². The second-order valence-corrected chi connectivity index (χ2v) is 5.01. The third-order valence-electron chi connectivity index (χ3n) is 3.43. The number of benzene rings is 2. The van der Waals surface area contributed by atoms with E-state index in [0.717, 1.165) is 13.0 Å². The summed E-state index contributed by atoms with van der Waals surface area (Å²) in [5, 5.41) is 0. The summed E-state index contributed by atoms with van der Waals surface area (Å²) in [6, 6.07) is 15.4. The molecule has 86 valence electrons. The summed E-state index contributed by atoms with van der Waals surface area (Å²) >= 11 is 0. The maximum absolute atomic E-state index is 2.25. The van der Waals surface area contributed by atoms with Gasteiger partial charge in [-0.2, -0.15) is 0 Å². The summed E-state index contributed by atoms with van der Waals surface area (Å²) < 4.78 is 0. The lowest BCUT2D eigenvalue weighted by atomic mass is 10.0. The van der Waals surface area contributed by atoms with Crippen LogP contribution in [0.2, 0.25) is 0 Å². The molecule has 2 aromatic carbocycles. The predicted molar refractivity (Wildman–Crippen MR) is 72.1 cm³/mol. The molecule has 2 aromatic rings. The normalized spacial score (nSPS) is 12.6. The molecule has 0 N–H and O–H groups in total. The minimum Gasteiger partial charge on any atom is -0.305 e. The van der Waals surface area contributed by atoms with Crippen LogP contribution in [0.3, 0.4) is 0 Å². The van der Waals surface area contributed by atoms with Crippen LogP contribution in [0, 0.1) is 0 Å². The number of fused-ring (bicyclic) bond motifs is 3. The largest absolute Gasteiger partial charge is 0.305 e. The van der Waals surface area contributed by atoms with Gasteiger partial charge in [0.1, 0.15) is 0 Å². The van der Waals surface area contributed by atoms with Crippen molar-refractivity contribution in [3.05, 3.63) is 59.2 Å². The monoisotopic (exact) mass is 223 g/mol. The Kier molecular flexibility index (Phi) is 2.49. The first-order chi connectivity index (χ1) is 8.25. The quantitative estimate of drug-likeness (QED) is 0.644. The third kappa shape index (κ3) is 1.77. The summed E-state index contributed by atoms with van der Waals surface area (Å²) in [6.07, 6.45) is 1.09. The molecule has 1 aliphatic rings. The Labute approximate surface area is 103 Å². The van der Waals surface area contributed by atoms with Crippen molar-refractivity contribution in [2.75, 3.05) is 14.1 Å². The van der Waals surface area contributed by atoms with E-state index in [1.54, 1.807) is 0 Å². The Morgan fingerprint density at radius 3 is 2.53 bits per heavy atom. The van der Waals surface area contributed by atoms with Crippen LogP contribution < -0.4 is 0 Å². The smallest absolute Gasteiger partial charge is 0.0230 e. The van der Waals surface area contributed by atoms with Crippen LogP contribution in [0.1, 0.15) is 16.7 Å². The van der Waals surface area contributed by atoms with Gasteiger partial charge in [0.2, 0.25) is 0 Å². The van der Waals surface area contributed by atoms with Gasteiger partial charge in [0.15, 0.2) is 0 Å². The Balaban J connectivity index is 2.11. The zero-order valence-corrected chi connectivity index (χ0v) is 10.4. The molecule has 0 aromatic heterocycles. The van der Waals surface area contributed by atoms with Gasteiger partial charge in [-0.25, -0.2) is 0 Å². The van der Waals surface area contributed by atoms with E-state index < -0.39 is 0 Å². The van der Waals surface area contributed by atoms with Crippen LogP contribution in [-0.2, 0) is 13.0 Å². The van der Waals surface area contributed by atoms with Crippen molar-refractivity contribution in [3.8, 4) is 11.1 Å². The summed E-state index contributed by atoms with van der Waals surface area (Å²) in [6.45, 7) is 1.02. The van der Waals surface area contributed by atoms with Gasteiger partial charge < -0.3 is 4.90 Å². The van der Waals surface area contributed by atoms with E-state index in [1.165, 1.54) is 27.8 Å². The Bertz CT molecular complexity index is 555. The fourth-order valence-electron chi connectivity index (χ4n) is 2.71. The van der Waals surface area contributed by atoms with Crippen LogP contribution in [-0.4, -0.2) is 19.0 Å². The highest BCUT2D eigenvalue weighted by Gasteiger charge is 2.20. The first-order valence-electron chi connectivity index (χ1n) is 6.09. The van der Waals surface area contributed by atoms with E-state index in [-0.39, 0.29) is 0 Å². The van der Waals surface area contributed by atoms with Crippen LogP contribution in [0.5, 0.6) is 0 Å². The number of hydrogen-bond acceptors (Lipinski definition) is 1. The van der Waals surface area contributed by atoms with Crippen molar-refractivity contribution < 1.29 is 0 Å². The Morgan fingerprint density at radius 2 is 1.71 bits per heavy atom. The zero-order chi connectivity index (χ0) is 11.8. The van der Waals surface area contributed by atoms with Gasteiger partial charge in [-0.15, -0.1) is 0 Å². The van der Waals surface area contributed by atoms with Crippen LogP contribution in [0.15, 0.2) is 42.5 Å². The van der Waals surface area contributed by atoms with E-state index in [1.807, 2.05) is 0 Å². The molecule has 0 saturated carbocycles. The summed E-state index contributed by atoms with van der Waals surface area (Å²) in [7, 11) is 4.25. The minimum atomic E-state index is 1.02. The first-order valence-corrected chi connectivity index (χ1v) is 6.09. The highest BCUT2D eigenvalue weighted by molar-refractivity contribution is 5.77. The molecule has 17 heavy (non-hydrogen) atoms. The molecule has 0 amide bonds. The molecule has 0 radical (unpaired) electrons. The molecule has 0 heterocycles. The van der Waals surface area contributed by atoms with Crippen molar-refractivity contribution in [3.63, 3.8) is 0 Å². The average Bonchev–Trinajstić information content (AvgIpc) is 2.68. The van der Waals surface area contributed by atoms with Gasteiger partial charge in [0.25, 0.3) is 0 Å². The summed E-state index contributed by atoms with van der Waals surface area (Å²) in [5.74, 6) is 0. The van der Waals surface area contributed by atoms with Crippen LogP contribution in [0.25, 0.3) is 11.1 Å². The van der Waals surface area contributed by atoms with Crippen LogP contribution >= 0.6 is 0 Å². The second-order valence-electron chi connectivity index (χ2n) is 5.01. The fraction of sp³-hybridized carbons (Fsp3) is 0.250. The van der Waals surface area contributed by atoms with Crippen molar-refractivity contribution in [1.29, 1.82) is 0 Å². The van der Waals surface area contributed by atoms with Gasteiger partial charge in [0, 0.05) is 6.54 Å². The lowest BCUT2D eigenvalue weighted by Crippen LogP contribution is -2.12. The maximum atomic E-state index is 2.25. The molecule has 0 aliphatic heterocycles. The third-order valence-corrected chi connectivity index (χ3v) is 3.43. The summed E-state index contributed by atoms with van der Waals surface area (Å²) in [5.41, 5.74) is 7.29. The molecule has 3 rings (SSSR count). The lowest BCUT2D eigenvalue weighted by molar-refractivity contribution is 0.401. The van der Waals surface area contributed by atoms with Crippen molar-refractivity contribution in [2.24, 2.45) is 0 Å². The topological polar surface area (TPSA) is 3.24 Å². The zero-order valence-electron chi connectivity index (χ0n) is 10.4. The molecule has 1 aliphatic carbocycles. The number of nitrogens with zero attached hydrogens (tertiary/aromatic N) is 1. The van der Waals surface area contributed by atoms with Crippen molar-refractivity contribution in [2.45, 2.75) is 13.0 Å². The maximum Gasteiger partial charge on any atom is 0.0230 e. The molecule has 1 nitrogen and oxygen atoms in total. The molecule has 0 unspecified atom stereocenters. The SMILES string of the molecule is CN(C)Cc1cccc2c1Cc1ccccc1-2. The predicted octanol–water partition coefficient (Wildman–Crippen LogP) is 3.32. The lowest BCUT2D eigenvalue weighted by Gasteiger charge is -2.13.